The molecule has 1 aliphatic rings. The first kappa shape index (κ1) is 41.8. The van der Waals surface area contributed by atoms with Crippen LogP contribution in [0.15, 0.2) is 36.9 Å². The van der Waals surface area contributed by atoms with E-state index in [0.717, 1.165) is 30.6 Å². The maximum Gasteiger partial charge on any atom is 0.407 e. The van der Waals surface area contributed by atoms with Gasteiger partial charge in [-0.25, -0.2) is 4.79 Å². The fourth-order valence-corrected chi connectivity index (χ4v) is 5.48. The molecule has 10 nitrogen and oxygen atoms in total. The summed E-state index contributed by atoms with van der Waals surface area (Å²) in [5.41, 5.74) is 1.02. The first-order chi connectivity index (χ1) is 22.6. The van der Waals surface area contributed by atoms with Crippen LogP contribution in [0.3, 0.4) is 0 Å². The molecular weight excluding hydrogens is 673 g/mol. The van der Waals surface area contributed by atoms with Gasteiger partial charge in [-0.2, -0.15) is 0 Å². The number of aliphatic hydroxyl groups is 2. The van der Waals surface area contributed by atoms with E-state index >= 15 is 0 Å². The number of nitrogens with one attached hydrogen (secondary N) is 1. The highest BCUT2D eigenvalue weighted by Gasteiger charge is 2.47. The van der Waals surface area contributed by atoms with Crippen LogP contribution in [0, 0.1) is 0 Å². The van der Waals surface area contributed by atoms with Crippen molar-refractivity contribution >= 4 is 40.9 Å². The molecule has 2 rings (SSSR count). The summed E-state index contributed by atoms with van der Waals surface area (Å²) in [7, 11) is 1.63. The number of amides is 1. The van der Waals surface area contributed by atoms with Crippen LogP contribution in [0.4, 0.5) is 4.79 Å². The Morgan fingerprint density at radius 1 is 1.04 bits per heavy atom. The number of rotatable bonds is 24. The Kier molecular flexibility index (Phi) is 21.3. The Morgan fingerprint density at radius 3 is 2.30 bits per heavy atom. The minimum atomic E-state index is -1.81. The fraction of sp³-hybridized carbons (Fsp3) is 0.735. The lowest BCUT2D eigenvalue weighted by molar-refractivity contribution is -0.274. The first-order valence-corrected chi connectivity index (χ1v) is 17.8. The lowest BCUT2D eigenvalue weighted by Crippen LogP contribution is -2.65. The molecule has 0 spiro atoms. The summed E-state index contributed by atoms with van der Waals surface area (Å²) in [6.45, 7) is 5.57. The molecule has 1 heterocycles. The summed E-state index contributed by atoms with van der Waals surface area (Å²) in [5.74, 6) is 0.777. The maximum absolute atomic E-state index is 12.6. The SMILES string of the molecule is C=CCO[C@H]1O[C@H](CO)[C@@H](O)[C@H](OCC[C@@H](CCCCCCCCCCC)OCc2ccc(OC)cc2)[C@H]1NC(=O)OCC(Cl)(Cl)Cl. The Bertz CT molecular complexity index is 983. The van der Waals surface area contributed by atoms with E-state index in [-0.39, 0.29) is 19.3 Å². The van der Waals surface area contributed by atoms with E-state index in [1.807, 2.05) is 24.3 Å². The van der Waals surface area contributed by atoms with Gasteiger partial charge in [-0.05, 0) is 30.5 Å². The van der Waals surface area contributed by atoms with E-state index in [4.69, 9.17) is 63.2 Å². The van der Waals surface area contributed by atoms with Crippen LogP contribution >= 0.6 is 34.8 Å². The number of benzene rings is 1. The van der Waals surface area contributed by atoms with E-state index < -0.39 is 53.7 Å². The average molecular weight is 727 g/mol. The van der Waals surface area contributed by atoms with Gasteiger partial charge in [-0.15, -0.1) is 6.58 Å². The minimum Gasteiger partial charge on any atom is -0.497 e. The predicted octanol–water partition coefficient (Wildman–Crippen LogP) is 7.02. The molecule has 1 amide bonds. The molecule has 0 aromatic heterocycles. The highest BCUT2D eigenvalue weighted by atomic mass is 35.6. The largest absolute Gasteiger partial charge is 0.497 e. The molecule has 270 valence electrons. The molecule has 1 aromatic rings. The summed E-state index contributed by atoms with van der Waals surface area (Å²) in [6, 6.07) is 6.72. The summed E-state index contributed by atoms with van der Waals surface area (Å²) < 4.78 is 32.5. The third kappa shape index (κ3) is 17.2. The molecule has 3 N–H and O–H groups in total. The molecule has 47 heavy (non-hydrogen) atoms. The Balaban J connectivity index is 2.05. The maximum atomic E-state index is 12.6. The molecule has 1 aliphatic heterocycles. The molecule has 1 fully saturated rings. The van der Waals surface area contributed by atoms with Crippen molar-refractivity contribution < 1.29 is 43.4 Å². The Labute approximate surface area is 295 Å². The number of hydrogen-bond donors (Lipinski definition) is 3. The lowest BCUT2D eigenvalue weighted by Gasteiger charge is -2.44. The van der Waals surface area contributed by atoms with E-state index in [2.05, 4.69) is 18.8 Å². The highest BCUT2D eigenvalue weighted by Crippen LogP contribution is 2.28. The van der Waals surface area contributed by atoms with Crippen molar-refractivity contribution in [3.63, 3.8) is 0 Å². The zero-order valence-corrected chi connectivity index (χ0v) is 30.0. The van der Waals surface area contributed by atoms with Crippen molar-refractivity contribution in [1.82, 2.24) is 5.32 Å². The van der Waals surface area contributed by atoms with Crippen LogP contribution in [0.25, 0.3) is 0 Å². The van der Waals surface area contributed by atoms with Crippen LogP contribution in [0.5, 0.6) is 5.75 Å². The minimum absolute atomic E-state index is 0.0764. The molecule has 1 saturated heterocycles. The van der Waals surface area contributed by atoms with Crippen LogP contribution in [0.2, 0.25) is 0 Å². The second kappa shape index (κ2) is 23.9. The van der Waals surface area contributed by atoms with Gasteiger partial charge in [0.2, 0.25) is 3.79 Å². The van der Waals surface area contributed by atoms with Crippen LogP contribution in [-0.2, 0) is 30.3 Å². The summed E-state index contributed by atoms with van der Waals surface area (Å²) in [6.07, 6.45) is 8.45. The van der Waals surface area contributed by atoms with E-state index in [9.17, 15) is 15.0 Å². The summed E-state index contributed by atoms with van der Waals surface area (Å²) in [5, 5.41) is 23.6. The summed E-state index contributed by atoms with van der Waals surface area (Å²) in [4.78, 5) is 12.6. The molecule has 1 aromatic carbocycles. The Hall–Kier alpha value is -1.34. The van der Waals surface area contributed by atoms with Crippen molar-refractivity contribution in [1.29, 1.82) is 0 Å². The lowest BCUT2D eigenvalue weighted by atomic mass is 9.96. The van der Waals surface area contributed by atoms with E-state index in [1.165, 1.54) is 51.0 Å². The second-order valence-electron chi connectivity index (χ2n) is 11.7. The number of carbonyl (C=O) groups is 1. The molecule has 13 heteroatoms. The van der Waals surface area contributed by atoms with Gasteiger partial charge in [0.25, 0.3) is 0 Å². The number of unbranched alkanes of at least 4 members (excludes halogenated alkanes) is 8. The second-order valence-corrected chi connectivity index (χ2v) is 14.2. The monoisotopic (exact) mass is 725 g/mol. The number of aliphatic hydroxyl groups excluding tert-OH is 2. The highest BCUT2D eigenvalue weighted by molar-refractivity contribution is 6.67. The fourth-order valence-electron chi connectivity index (χ4n) is 5.32. The van der Waals surface area contributed by atoms with Gasteiger partial charge < -0.3 is 44.0 Å². The van der Waals surface area contributed by atoms with Crippen molar-refractivity contribution in [2.45, 2.75) is 125 Å². The van der Waals surface area contributed by atoms with Crippen molar-refractivity contribution in [2.24, 2.45) is 0 Å². The van der Waals surface area contributed by atoms with Crippen LogP contribution in [0.1, 0.15) is 83.1 Å². The topological polar surface area (TPSA) is 125 Å². The van der Waals surface area contributed by atoms with Gasteiger partial charge in [0.15, 0.2) is 6.29 Å². The molecule has 0 saturated carbocycles. The average Bonchev–Trinajstić information content (AvgIpc) is 3.05. The standard InChI is InChI=1S/C34H54Cl3NO9/c1-4-6-7-8-9-10-11-12-13-14-27(45-23-25-15-17-26(42-3)18-16-25)19-21-43-31-29(38-33(41)46-24-34(35,36)37)32(44-20-5-2)47-28(22-39)30(31)40/h5,15-18,27-32,39-40H,2,4,6-14,19-24H2,1,3H3,(H,38,41)/t27-,28-,29-,30-,31-,32+/m1/s1. The molecule has 6 atom stereocenters. The third-order valence-corrected chi connectivity index (χ3v) is 8.24. The van der Waals surface area contributed by atoms with Crippen LogP contribution < -0.4 is 10.1 Å². The van der Waals surface area contributed by atoms with Crippen LogP contribution in [-0.4, -0.2) is 90.4 Å². The molecule has 0 bridgehead atoms. The van der Waals surface area contributed by atoms with Gasteiger partial charge in [-0.3, -0.25) is 0 Å². The number of ether oxygens (including phenoxy) is 6. The third-order valence-electron chi connectivity index (χ3n) is 7.91. The molecule has 0 unspecified atom stereocenters. The molecule has 0 radical (unpaired) electrons. The first-order valence-electron chi connectivity index (χ1n) is 16.6. The number of halogens is 3. The van der Waals surface area contributed by atoms with E-state index in [0.29, 0.717) is 13.0 Å². The number of alkyl carbamates (subject to hydrolysis) is 1. The number of methoxy groups -OCH3 is 1. The normalized spacial score (nSPS) is 22.1. The zero-order chi connectivity index (χ0) is 34.5. The molecule has 0 aliphatic carbocycles. The van der Waals surface area contributed by atoms with Gasteiger partial charge in [-0.1, -0.05) is 118 Å². The number of hydrogen-bond acceptors (Lipinski definition) is 9. The van der Waals surface area contributed by atoms with Gasteiger partial charge >= 0.3 is 6.09 Å². The molecular formula is C34H54Cl3NO9. The van der Waals surface area contributed by atoms with Gasteiger partial charge in [0.1, 0.15) is 36.7 Å². The smallest absolute Gasteiger partial charge is 0.407 e. The summed E-state index contributed by atoms with van der Waals surface area (Å²) >= 11 is 17.2. The predicted molar refractivity (Wildman–Crippen MR) is 184 cm³/mol. The van der Waals surface area contributed by atoms with Gasteiger partial charge in [0, 0.05) is 6.61 Å². The number of carbonyl (C=O) groups excluding carboxylic acids is 1. The van der Waals surface area contributed by atoms with E-state index in [1.54, 1.807) is 7.11 Å². The zero-order valence-electron chi connectivity index (χ0n) is 27.8. The quantitative estimate of drug-likeness (QED) is 0.0586. The number of alkyl halides is 3. The van der Waals surface area contributed by atoms with Crippen molar-refractivity contribution in [3.8, 4) is 5.75 Å². The van der Waals surface area contributed by atoms with Gasteiger partial charge in [0.05, 0.1) is 33.0 Å². The van der Waals surface area contributed by atoms with Crippen molar-refractivity contribution in [3.05, 3.63) is 42.5 Å². The van der Waals surface area contributed by atoms with Crippen molar-refractivity contribution in [2.75, 3.05) is 33.5 Å². The Morgan fingerprint density at radius 2 is 1.70 bits per heavy atom.